The van der Waals surface area contributed by atoms with Crippen LogP contribution in [-0.4, -0.2) is 31.6 Å². The Labute approximate surface area is 99.9 Å². The highest BCUT2D eigenvalue weighted by molar-refractivity contribution is 5.78. The topological polar surface area (TPSA) is 38.3 Å². The molecule has 0 unspecified atom stereocenters. The molecule has 1 N–H and O–H groups in total. The van der Waals surface area contributed by atoms with Gasteiger partial charge in [-0.25, -0.2) is 8.78 Å². The molecule has 17 heavy (non-hydrogen) atoms. The summed E-state index contributed by atoms with van der Waals surface area (Å²) in [6.45, 7) is 3.95. The lowest BCUT2D eigenvalue weighted by molar-refractivity contribution is -0.133. The van der Waals surface area contributed by atoms with Crippen molar-refractivity contribution in [3.63, 3.8) is 0 Å². The Balaban J connectivity index is 1.73. The molecule has 1 saturated heterocycles. The van der Waals surface area contributed by atoms with E-state index in [9.17, 15) is 13.6 Å². The average Bonchev–Trinajstić information content (AvgIpc) is 2.23. The fraction of sp³-hybridized carbons (Fsp3) is 0.917. The normalized spacial score (nSPS) is 27.2. The Morgan fingerprint density at radius 1 is 1.35 bits per heavy atom. The van der Waals surface area contributed by atoms with Gasteiger partial charge in [-0.05, 0) is 12.8 Å². The van der Waals surface area contributed by atoms with Crippen LogP contribution in [0.3, 0.4) is 0 Å². The third-order valence-electron chi connectivity index (χ3n) is 3.68. The number of ether oxygens (including phenoxy) is 1. The molecular formula is C12H19F2NO2. The van der Waals surface area contributed by atoms with Crippen molar-refractivity contribution < 1.29 is 18.3 Å². The van der Waals surface area contributed by atoms with Gasteiger partial charge in [0.1, 0.15) is 0 Å². The number of alkyl halides is 2. The van der Waals surface area contributed by atoms with Gasteiger partial charge in [-0.15, -0.1) is 0 Å². The Morgan fingerprint density at radius 3 is 2.41 bits per heavy atom. The van der Waals surface area contributed by atoms with Gasteiger partial charge in [0.05, 0.1) is 13.2 Å². The second-order valence-electron chi connectivity index (χ2n) is 5.65. The van der Waals surface area contributed by atoms with E-state index in [2.05, 4.69) is 5.32 Å². The first-order chi connectivity index (χ1) is 7.90. The number of carbonyl (C=O) groups excluding carboxylic acids is 1. The maximum Gasteiger partial charge on any atom is 0.248 e. The Hall–Kier alpha value is -0.710. The van der Waals surface area contributed by atoms with Crippen LogP contribution in [0.15, 0.2) is 0 Å². The smallest absolute Gasteiger partial charge is 0.248 e. The van der Waals surface area contributed by atoms with Crippen LogP contribution in [0, 0.1) is 11.3 Å². The zero-order valence-electron chi connectivity index (χ0n) is 10.1. The molecule has 0 bridgehead atoms. The van der Waals surface area contributed by atoms with Gasteiger partial charge < -0.3 is 10.1 Å². The zero-order chi connectivity index (χ0) is 12.5. The van der Waals surface area contributed by atoms with Crippen molar-refractivity contribution in [3.8, 4) is 0 Å². The first-order valence-electron chi connectivity index (χ1n) is 6.14. The van der Waals surface area contributed by atoms with E-state index >= 15 is 0 Å². The summed E-state index contributed by atoms with van der Waals surface area (Å²) in [5, 5.41) is 2.86. The standard InChI is InChI=1S/C12H19F2NO2/c1-11(7-17-8-11)6-15-10(16)9-2-4-12(13,14)5-3-9/h9H,2-8H2,1H3,(H,15,16). The summed E-state index contributed by atoms with van der Waals surface area (Å²) in [7, 11) is 0. The van der Waals surface area contributed by atoms with Crippen LogP contribution in [0.1, 0.15) is 32.6 Å². The van der Waals surface area contributed by atoms with Gasteiger partial charge in [-0.1, -0.05) is 6.92 Å². The fourth-order valence-electron chi connectivity index (χ4n) is 2.30. The average molecular weight is 247 g/mol. The van der Waals surface area contributed by atoms with Crippen LogP contribution >= 0.6 is 0 Å². The third kappa shape index (κ3) is 3.15. The van der Waals surface area contributed by atoms with Gasteiger partial charge in [0, 0.05) is 30.7 Å². The second kappa shape index (κ2) is 4.52. The van der Waals surface area contributed by atoms with Crippen molar-refractivity contribution >= 4 is 5.91 Å². The highest BCUT2D eigenvalue weighted by Gasteiger charge is 2.38. The lowest BCUT2D eigenvalue weighted by atomic mass is 9.85. The fourth-order valence-corrected chi connectivity index (χ4v) is 2.30. The molecule has 98 valence electrons. The quantitative estimate of drug-likeness (QED) is 0.828. The summed E-state index contributed by atoms with van der Waals surface area (Å²) in [6, 6.07) is 0. The summed E-state index contributed by atoms with van der Waals surface area (Å²) < 4.78 is 31.0. The van der Waals surface area contributed by atoms with Crippen LogP contribution in [-0.2, 0) is 9.53 Å². The van der Waals surface area contributed by atoms with Crippen LogP contribution in [0.25, 0.3) is 0 Å². The highest BCUT2D eigenvalue weighted by Crippen LogP contribution is 2.36. The van der Waals surface area contributed by atoms with Crippen molar-refractivity contribution in [2.45, 2.75) is 38.5 Å². The van der Waals surface area contributed by atoms with Gasteiger partial charge in [0.25, 0.3) is 0 Å². The van der Waals surface area contributed by atoms with Crippen molar-refractivity contribution in [3.05, 3.63) is 0 Å². The Morgan fingerprint density at radius 2 is 1.94 bits per heavy atom. The Bertz CT molecular complexity index is 293. The molecule has 0 atom stereocenters. The molecule has 1 heterocycles. The number of hydrogen-bond donors (Lipinski definition) is 1. The summed E-state index contributed by atoms with van der Waals surface area (Å²) in [5.74, 6) is -2.88. The molecule has 1 amide bonds. The molecule has 5 heteroatoms. The predicted molar refractivity (Wildman–Crippen MR) is 58.8 cm³/mol. The Kier molecular flexibility index (Phi) is 3.39. The van der Waals surface area contributed by atoms with Crippen molar-refractivity contribution in [2.24, 2.45) is 11.3 Å². The van der Waals surface area contributed by atoms with E-state index in [-0.39, 0.29) is 30.1 Å². The van der Waals surface area contributed by atoms with Gasteiger partial charge in [0.2, 0.25) is 11.8 Å². The largest absolute Gasteiger partial charge is 0.380 e. The van der Waals surface area contributed by atoms with Crippen LogP contribution in [0.2, 0.25) is 0 Å². The van der Waals surface area contributed by atoms with Gasteiger partial charge in [0.15, 0.2) is 0 Å². The first-order valence-corrected chi connectivity index (χ1v) is 6.14. The number of nitrogens with one attached hydrogen (secondary N) is 1. The van der Waals surface area contributed by atoms with E-state index in [1.807, 2.05) is 6.92 Å². The first kappa shape index (κ1) is 12.7. The van der Waals surface area contributed by atoms with Gasteiger partial charge >= 0.3 is 0 Å². The number of halogens is 2. The molecule has 0 spiro atoms. The SMILES string of the molecule is CC1(CNC(=O)C2CCC(F)(F)CC2)COC1. The number of carbonyl (C=O) groups is 1. The predicted octanol–water partition coefficient (Wildman–Crippen LogP) is 1.96. The monoisotopic (exact) mass is 247 g/mol. The molecule has 0 aromatic carbocycles. The molecule has 0 aromatic heterocycles. The summed E-state index contributed by atoms with van der Waals surface area (Å²) in [5.41, 5.74) is 0.0360. The van der Waals surface area contributed by atoms with Gasteiger partial charge in [-0.3, -0.25) is 4.79 Å². The summed E-state index contributed by atoms with van der Waals surface area (Å²) >= 11 is 0. The van der Waals surface area contributed by atoms with Crippen molar-refractivity contribution in [2.75, 3.05) is 19.8 Å². The molecule has 2 fully saturated rings. The van der Waals surface area contributed by atoms with Crippen LogP contribution in [0.5, 0.6) is 0 Å². The number of amides is 1. The molecule has 2 aliphatic rings. The van der Waals surface area contributed by atoms with E-state index in [4.69, 9.17) is 4.74 Å². The lowest BCUT2D eigenvalue weighted by Crippen LogP contribution is -2.50. The highest BCUT2D eigenvalue weighted by atomic mass is 19.3. The molecule has 2 rings (SSSR count). The minimum absolute atomic E-state index is 0.0360. The van der Waals surface area contributed by atoms with Gasteiger partial charge in [-0.2, -0.15) is 0 Å². The number of rotatable bonds is 3. The minimum atomic E-state index is -2.56. The van der Waals surface area contributed by atoms with Crippen LogP contribution < -0.4 is 5.32 Å². The van der Waals surface area contributed by atoms with Crippen molar-refractivity contribution in [1.82, 2.24) is 5.32 Å². The maximum atomic E-state index is 12.9. The van der Waals surface area contributed by atoms with E-state index in [0.717, 1.165) is 0 Å². The number of hydrogen-bond acceptors (Lipinski definition) is 2. The van der Waals surface area contributed by atoms with E-state index in [0.29, 0.717) is 32.6 Å². The van der Waals surface area contributed by atoms with E-state index < -0.39 is 5.92 Å². The molecule has 1 aliphatic carbocycles. The molecule has 3 nitrogen and oxygen atoms in total. The maximum absolute atomic E-state index is 12.9. The molecule has 0 aromatic rings. The molecule has 1 saturated carbocycles. The summed E-state index contributed by atoms with van der Waals surface area (Å²) in [4.78, 5) is 11.8. The van der Waals surface area contributed by atoms with E-state index in [1.165, 1.54) is 0 Å². The van der Waals surface area contributed by atoms with E-state index in [1.54, 1.807) is 0 Å². The minimum Gasteiger partial charge on any atom is -0.380 e. The van der Waals surface area contributed by atoms with Crippen molar-refractivity contribution in [1.29, 1.82) is 0 Å². The summed E-state index contributed by atoms with van der Waals surface area (Å²) in [6.07, 6.45) is 0.273. The lowest BCUT2D eigenvalue weighted by Gasteiger charge is -2.38. The molecular weight excluding hydrogens is 228 g/mol. The molecule has 0 radical (unpaired) electrons. The molecule has 1 aliphatic heterocycles. The van der Waals surface area contributed by atoms with Crippen LogP contribution in [0.4, 0.5) is 8.78 Å². The second-order valence-corrected chi connectivity index (χ2v) is 5.65. The third-order valence-corrected chi connectivity index (χ3v) is 3.68. The zero-order valence-corrected chi connectivity index (χ0v) is 10.1.